The van der Waals surface area contributed by atoms with E-state index < -0.39 is 0 Å². The number of ether oxygens (including phenoxy) is 1. The summed E-state index contributed by atoms with van der Waals surface area (Å²) < 4.78 is 7.39. The second kappa shape index (κ2) is 4.70. The molecule has 6 heteroatoms. The van der Waals surface area contributed by atoms with Crippen molar-refractivity contribution in [3.05, 3.63) is 18.0 Å². The van der Waals surface area contributed by atoms with Gasteiger partial charge in [-0.05, 0) is 12.8 Å². The van der Waals surface area contributed by atoms with Gasteiger partial charge in [-0.2, -0.15) is 5.10 Å². The van der Waals surface area contributed by atoms with Crippen LogP contribution in [0.15, 0.2) is 12.4 Å². The van der Waals surface area contributed by atoms with Gasteiger partial charge in [0.05, 0.1) is 23.9 Å². The molecule has 0 saturated carbocycles. The molecule has 2 aliphatic rings. The topological polar surface area (TPSA) is 68.2 Å². The maximum atomic E-state index is 12.0. The molecule has 98 valence electrons. The number of fused-ring (bicyclic) bond motifs is 1. The molecule has 3 heterocycles. The number of nitrogens with one attached hydrogen (secondary N) is 2. The van der Waals surface area contributed by atoms with Crippen LogP contribution in [0.4, 0.5) is 0 Å². The van der Waals surface area contributed by atoms with Crippen LogP contribution in [0.25, 0.3) is 0 Å². The Hall–Kier alpha value is -1.40. The quantitative estimate of drug-likeness (QED) is 0.754. The molecule has 0 unspecified atom stereocenters. The first kappa shape index (κ1) is 11.7. The third kappa shape index (κ3) is 2.13. The van der Waals surface area contributed by atoms with Crippen molar-refractivity contribution in [3.63, 3.8) is 0 Å². The molecule has 0 radical (unpaired) electrons. The average molecular weight is 250 g/mol. The fourth-order valence-corrected chi connectivity index (χ4v) is 2.74. The van der Waals surface area contributed by atoms with E-state index in [4.69, 9.17) is 4.74 Å². The zero-order chi connectivity index (χ0) is 12.5. The zero-order valence-electron chi connectivity index (χ0n) is 10.4. The fraction of sp³-hybridized carbons (Fsp3) is 0.667. The zero-order valence-corrected chi connectivity index (χ0v) is 10.4. The van der Waals surface area contributed by atoms with E-state index in [1.807, 2.05) is 0 Å². The number of aromatic nitrogens is 2. The summed E-state index contributed by atoms with van der Waals surface area (Å²) in [7, 11) is 1.80. The van der Waals surface area contributed by atoms with Crippen LogP contribution >= 0.6 is 0 Å². The van der Waals surface area contributed by atoms with Gasteiger partial charge in [0.25, 0.3) is 5.91 Å². The monoisotopic (exact) mass is 250 g/mol. The van der Waals surface area contributed by atoms with E-state index in [1.54, 1.807) is 24.1 Å². The van der Waals surface area contributed by atoms with Gasteiger partial charge in [0.1, 0.15) is 0 Å². The molecule has 3 atom stereocenters. The van der Waals surface area contributed by atoms with Crippen LogP contribution in [-0.4, -0.2) is 47.0 Å². The van der Waals surface area contributed by atoms with Crippen molar-refractivity contribution in [1.82, 2.24) is 20.4 Å². The molecule has 6 nitrogen and oxygen atoms in total. The fourth-order valence-electron chi connectivity index (χ4n) is 2.74. The molecule has 2 fully saturated rings. The normalized spacial score (nSPS) is 31.1. The van der Waals surface area contributed by atoms with Gasteiger partial charge in [0.15, 0.2) is 0 Å². The standard InChI is InChI=1S/C12H18N4O2/c1-16-7-8(5-14-16)12(17)15-10-6-13-9-3-2-4-18-11(9)10/h5,7,9-11,13H,2-4,6H2,1H3,(H,15,17)/t9-,10+,11+/m1/s1. The van der Waals surface area contributed by atoms with E-state index in [-0.39, 0.29) is 18.1 Å². The van der Waals surface area contributed by atoms with Crippen molar-refractivity contribution >= 4 is 5.91 Å². The molecule has 0 bridgehead atoms. The Morgan fingerprint density at radius 2 is 2.56 bits per heavy atom. The number of nitrogens with zero attached hydrogens (tertiary/aromatic N) is 2. The number of carbonyl (C=O) groups is 1. The molecule has 1 amide bonds. The third-order valence-corrected chi connectivity index (χ3v) is 3.65. The van der Waals surface area contributed by atoms with Crippen LogP contribution in [0.2, 0.25) is 0 Å². The Morgan fingerprint density at radius 1 is 1.67 bits per heavy atom. The summed E-state index contributed by atoms with van der Waals surface area (Å²) >= 11 is 0. The van der Waals surface area contributed by atoms with Crippen LogP contribution in [0.3, 0.4) is 0 Å². The van der Waals surface area contributed by atoms with Crippen LogP contribution in [0, 0.1) is 0 Å². The van der Waals surface area contributed by atoms with Gasteiger partial charge in [-0.3, -0.25) is 9.48 Å². The summed E-state index contributed by atoms with van der Waals surface area (Å²) in [5.74, 6) is -0.0790. The molecule has 1 aromatic heterocycles. The second-order valence-electron chi connectivity index (χ2n) is 4.98. The average Bonchev–Trinajstić information content (AvgIpc) is 2.97. The summed E-state index contributed by atoms with van der Waals surface area (Å²) in [4.78, 5) is 12.0. The molecular formula is C12H18N4O2. The van der Waals surface area contributed by atoms with Crippen LogP contribution in [0.1, 0.15) is 23.2 Å². The first-order valence-corrected chi connectivity index (χ1v) is 6.38. The van der Waals surface area contributed by atoms with Crippen LogP contribution in [0.5, 0.6) is 0 Å². The maximum Gasteiger partial charge on any atom is 0.254 e. The van der Waals surface area contributed by atoms with E-state index in [1.165, 1.54) is 0 Å². The largest absolute Gasteiger partial charge is 0.374 e. The number of amides is 1. The van der Waals surface area contributed by atoms with Crippen molar-refractivity contribution in [2.45, 2.75) is 31.0 Å². The first-order chi connectivity index (χ1) is 8.74. The van der Waals surface area contributed by atoms with Gasteiger partial charge in [-0.15, -0.1) is 0 Å². The lowest BCUT2D eigenvalue weighted by atomic mass is 10.0. The van der Waals surface area contributed by atoms with Gasteiger partial charge in [0.2, 0.25) is 0 Å². The predicted octanol–water partition coefficient (Wildman–Crippen LogP) is -0.331. The molecule has 3 rings (SSSR count). The molecule has 0 spiro atoms. The second-order valence-corrected chi connectivity index (χ2v) is 4.98. The van der Waals surface area contributed by atoms with E-state index in [9.17, 15) is 4.79 Å². The van der Waals surface area contributed by atoms with Gasteiger partial charge < -0.3 is 15.4 Å². The van der Waals surface area contributed by atoms with E-state index in [2.05, 4.69) is 15.7 Å². The van der Waals surface area contributed by atoms with Crippen molar-refractivity contribution in [2.75, 3.05) is 13.2 Å². The van der Waals surface area contributed by atoms with Gasteiger partial charge in [-0.25, -0.2) is 0 Å². The van der Waals surface area contributed by atoms with Crippen molar-refractivity contribution < 1.29 is 9.53 Å². The third-order valence-electron chi connectivity index (χ3n) is 3.65. The highest BCUT2D eigenvalue weighted by molar-refractivity contribution is 5.93. The highest BCUT2D eigenvalue weighted by Crippen LogP contribution is 2.21. The molecule has 18 heavy (non-hydrogen) atoms. The Balaban J connectivity index is 1.64. The first-order valence-electron chi connectivity index (χ1n) is 6.38. The summed E-state index contributed by atoms with van der Waals surface area (Å²) in [5, 5.41) is 10.4. The minimum Gasteiger partial charge on any atom is -0.374 e. The molecule has 0 aromatic carbocycles. The lowest BCUT2D eigenvalue weighted by molar-refractivity contribution is -0.00214. The maximum absolute atomic E-state index is 12.0. The Morgan fingerprint density at radius 3 is 3.33 bits per heavy atom. The van der Waals surface area contributed by atoms with Crippen LogP contribution < -0.4 is 10.6 Å². The molecule has 2 N–H and O–H groups in total. The van der Waals surface area contributed by atoms with E-state index in [0.29, 0.717) is 11.6 Å². The number of hydrogen-bond acceptors (Lipinski definition) is 4. The molecule has 2 aliphatic heterocycles. The minimum atomic E-state index is -0.0790. The molecular weight excluding hydrogens is 232 g/mol. The van der Waals surface area contributed by atoms with Gasteiger partial charge in [-0.1, -0.05) is 0 Å². The van der Waals surface area contributed by atoms with Crippen molar-refractivity contribution in [3.8, 4) is 0 Å². The Kier molecular flexibility index (Phi) is 3.05. The lowest BCUT2D eigenvalue weighted by Gasteiger charge is -2.29. The van der Waals surface area contributed by atoms with Crippen molar-refractivity contribution in [1.29, 1.82) is 0 Å². The number of rotatable bonds is 2. The highest BCUT2D eigenvalue weighted by Gasteiger charge is 2.39. The molecule has 2 saturated heterocycles. The SMILES string of the molecule is Cn1cc(C(=O)N[C@H]2CN[C@@H]3CCCO[C@H]23)cn1. The number of hydrogen-bond donors (Lipinski definition) is 2. The van der Waals surface area contributed by atoms with Crippen LogP contribution in [-0.2, 0) is 11.8 Å². The summed E-state index contributed by atoms with van der Waals surface area (Å²) in [6, 6.07) is 0.445. The Bertz CT molecular complexity index is 445. The number of aryl methyl sites for hydroxylation is 1. The number of carbonyl (C=O) groups excluding carboxylic acids is 1. The van der Waals surface area contributed by atoms with E-state index in [0.717, 1.165) is 26.0 Å². The van der Waals surface area contributed by atoms with Gasteiger partial charge in [0, 0.05) is 32.4 Å². The molecule has 0 aliphatic carbocycles. The predicted molar refractivity (Wildman–Crippen MR) is 65.2 cm³/mol. The summed E-state index contributed by atoms with van der Waals surface area (Å²) in [5.41, 5.74) is 0.594. The lowest BCUT2D eigenvalue weighted by Crippen LogP contribution is -2.47. The van der Waals surface area contributed by atoms with Gasteiger partial charge >= 0.3 is 0 Å². The smallest absolute Gasteiger partial charge is 0.254 e. The highest BCUT2D eigenvalue weighted by atomic mass is 16.5. The Labute approximate surface area is 106 Å². The van der Waals surface area contributed by atoms with Crippen molar-refractivity contribution in [2.24, 2.45) is 7.05 Å². The minimum absolute atomic E-state index is 0.0583. The summed E-state index contributed by atoms with van der Waals surface area (Å²) in [6.07, 6.45) is 5.63. The summed E-state index contributed by atoms with van der Waals surface area (Å²) in [6.45, 7) is 1.57. The van der Waals surface area contributed by atoms with E-state index >= 15 is 0 Å². The molecule has 1 aromatic rings.